The molecule has 2 fully saturated rings. The number of halogens is 2. The fraction of sp³-hybridized carbons (Fsp3) is 0.909. The average molecular weight is 233 g/mol. The molecule has 0 aromatic carbocycles. The van der Waals surface area contributed by atoms with E-state index >= 15 is 0 Å². The van der Waals surface area contributed by atoms with Crippen molar-refractivity contribution in [3.8, 4) is 0 Å². The van der Waals surface area contributed by atoms with Gasteiger partial charge in [-0.3, -0.25) is 0 Å². The lowest BCUT2D eigenvalue weighted by Gasteiger charge is -2.30. The minimum Gasteiger partial charge on any atom is -0.443 e. The summed E-state index contributed by atoms with van der Waals surface area (Å²) in [6.07, 6.45) is 0.770. The predicted octanol–water partition coefficient (Wildman–Crippen LogP) is 2.69. The van der Waals surface area contributed by atoms with E-state index in [0.29, 0.717) is 19.3 Å². The highest BCUT2D eigenvalue weighted by atomic mass is 19.3. The first-order valence-electron chi connectivity index (χ1n) is 5.66. The number of rotatable bonds is 1. The van der Waals surface area contributed by atoms with Crippen LogP contribution in [0.25, 0.3) is 0 Å². The van der Waals surface area contributed by atoms with E-state index in [9.17, 15) is 13.6 Å². The summed E-state index contributed by atoms with van der Waals surface area (Å²) in [6, 6.07) is 0. The maximum absolute atomic E-state index is 13.2. The standard InChI is InChI=1S/C11H17F2NO2/c1-10(16-9(14)15)4-7-2-3-11(12,13)6-8(7)5-10/h7-8H,2-6H2,1H3,(H2,14,15)/t7-,8-,10?/m1/s1. The van der Waals surface area contributed by atoms with Crippen molar-refractivity contribution in [3.63, 3.8) is 0 Å². The van der Waals surface area contributed by atoms with Crippen LogP contribution in [0.5, 0.6) is 0 Å². The Labute approximate surface area is 93.3 Å². The second-order valence-electron chi connectivity index (χ2n) is 5.40. The topological polar surface area (TPSA) is 52.3 Å². The number of primary amides is 1. The number of hydrogen-bond acceptors (Lipinski definition) is 2. The van der Waals surface area contributed by atoms with Crippen LogP contribution in [-0.2, 0) is 4.74 Å². The lowest BCUT2D eigenvalue weighted by atomic mass is 9.80. The Hall–Kier alpha value is -0.870. The molecule has 2 rings (SSSR count). The fourth-order valence-electron chi connectivity index (χ4n) is 3.31. The third kappa shape index (κ3) is 2.28. The SMILES string of the molecule is CC1(OC(N)=O)C[C@H]2CCC(F)(F)C[C@H]2C1. The Kier molecular flexibility index (Phi) is 2.59. The van der Waals surface area contributed by atoms with E-state index in [0.717, 1.165) is 0 Å². The van der Waals surface area contributed by atoms with Gasteiger partial charge in [0.1, 0.15) is 5.60 Å². The number of amides is 1. The number of carbonyl (C=O) groups excluding carboxylic acids is 1. The minimum atomic E-state index is -2.54. The minimum absolute atomic E-state index is 0.0342. The molecule has 3 atom stereocenters. The first-order chi connectivity index (χ1) is 7.30. The van der Waals surface area contributed by atoms with E-state index in [1.165, 1.54) is 0 Å². The number of hydrogen-bond donors (Lipinski definition) is 1. The van der Waals surface area contributed by atoms with Crippen LogP contribution in [0, 0.1) is 11.8 Å². The monoisotopic (exact) mass is 233 g/mol. The molecule has 5 heteroatoms. The summed E-state index contributed by atoms with van der Waals surface area (Å²) in [6.45, 7) is 1.79. The quantitative estimate of drug-likeness (QED) is 0.757. The van der Waals surface area contributed by atoms with Gasteiger partial charge in [-0.2, -0.15) is 0 Å². The molecule has 0 spiro atoms. The molecule has 0 aromatic rings. The number of alkyl halides is 2. The molecule has 3 nitrogen and oxygen atoms in total. The second-order valence-corrected chi connectivity index (χ2v) is 5.40. The normalized spacial score (nSPS) is 41.4. The summed E-state index contributed by atoms with van der Waals surface area (Å²) in [5, 5.41) is 0. The summed E-state index contributed by atoms with van der Waals surface area (Å²) in [7, 11) is 0. The van der Waals surface area contributed by atoms with Crippen molar-refractivity contribution in [1.82, 2.24) is 0 Å². The molecule has 2 aliphatic rings. The van der Waals surface area contributed by atoms with Crippen molar-refractivity contribution in [3.05, 3.63) is 0 Å². The molecule has 0 heterocycles. The highest BCUT2D eigenvalue weighted by Crippen LogP contribution is 2.52. The largest absolute Gasteiger partial charge is 0.443 e. The van der Waals surface area contributed by atoms with Crippen molar-refractivity contribution in [2.75, 3.05) is 0 Å². The molecule has 0 aliphatic heterocycles. The van der Waals surface area contributed by atoms with Gasteiger partial charge < -0.3 is 10.5 Å². The zero-order valence-corrected chi connectivity index (χ0v) is 9.34. The van der Waals surface area contributed by atoms with Crippen molar-refractivity contribution in [2.24, 2.45) is 17.6 Å². The van der Waals surface area contributed by atoms with Crippen molar-refractivity contribution in [1.29, 1.82) is 0 Å². The van der Waals surface area contributed by atoms with Crippen LogP contribution < -0.4 is 5.73 Å². The zero-order chi connectivity index (χ0) is 12.0. The van der Waals surface area contributed by atoms with E-state index in [1.807, 2.05) is 0 Å². The van der Waals surface area contributed by atoms with Gasteiger partial charge in [0.15, 0.2) is 0 Å². The van der Waals surface area contributed by atoms with Gasteiger partial charge in [0, 0.05) is 12.8 Å². The van der Waals surface area contributed by atoms with Crippen LogP contribution >= 0.6 is 0 Å². The van der Waals surface area contributed by atoms with Crippen molar-refractivity contribution < 1.29 is 18.3 Å². The van der Waals surface area contributed by atoms with E-state index in [1.54, 1.807) is 6.92 Å². The summed E-state index contributed by atoms with van der Waals surface area (Å²) < 4.78 is 31.5. The van der Waals surface area contributed by atoms with Crippen LogP contribution in [0.4, 0.5) is 13.6 Å². The smallest absolute Gasteiger partial charge is 0.405 e. The molecule has 0 aromatic heterocycles. The molecule has 0 saturated heterocycles. The van der Waals surface area contributed by atoms with Gasteiger partial charge in [-0.15, -0.1) is 0 Å². The summed E-state index contributed by atoms with van der Waals surface area (Å²) in [5.74, 6) is -2.32. The number of carbonyl (C=O) groups is 1. The highest BCUT2D eigenvalue weighted by Gasteiger charge is 2.51. The number of fused-ring (bicyclic) bond motifs is 1. The molecule has 1 unspecified atom stereocenters. The third-order valence-corrected chi connectivity index (χ3v) is 3.84. The highest BCUT2D eigenvalue weighted by molar-refractivity contribution is 5.65. The first-order valence-corrected chi connectivity index (χ1v) is 5.66. The molecule has 0 bridgehead atoms. The molecule has 16 heavy (non-hydrogen) atoms. The zero-order valence-electron chi connectivity index (χ0n) is 9.34. The van der Waals surface area contributed by atoms with Gasteiger partial charge in [-0.05, 0) is 38.0 Å². The van der Waals surface area contributed by atoms with Crippen molar-refractivity contribution in [2.45, 2.75) is 50.6 Å². The van der Waals surface area contributed by atoms with Crippen LogP contribution in [-0.4, -0.2) is 17.6 Å². The first kappa shape index (κ1) is 11.6. The molecule has 2 N–H and O–H groups in total. The van der Waals surface area contributed by atoms with Crippen molar-refractivity contribution >= 4 is 6.09 Å². The van der Waals surface area contributed by atoms with Gasteiger partial charge in [-0.1, -0.05) is 0 Å². The third-order valence-electron chi connectivity index (χ3n) is 3.84. The van der Waals surface area contributed by atoms with E-state index in [2.05, 4.69) is 0 Å². The van der Waals surface area contributed by atoms with E-state index in [-0.39, 0.29) is 24.7 Å². The predicted molar refractivity (Wildman–Crippen MR) is 54.1 cm³/mol. The molecular formula is C11H17F2NO2. The number of ether oxygens (including phenoxy) is 1. The maximum Gasteiger partial charge on any atom is 0.405 e. The Morgan fingerprint density at radius 1 is 1.31 bits per heavy atom. The lowest BCUT2D eigenvalue weighted by molar-refractivity contribution is -0.0637. The van der Waals surface area contributed by atoms with Gasteiger partial charge in [-0.25, -0.2) is 13.6 Å². The Bertz CT molecular complexity index is 308. The van der Waals surface area contributed by atoms with E-state index in [4.69, 9.17) is 10.5 Å². The van der Waals surface area contributed by atoms with Gasteiger partial charge in [0.25, 0.3) is 0 Å². The van der Waals surface area contributed by atoms with E-state index < -0.39 is 17.6 Å². The summed E-state index contributed by atoms with van der Waals surface area (Å²) in [5.41, 5.74) is 4.35. The van der Waals surface area contributed by atoms with Crippen LogP contribution in [0.1, 0.15) is 39.0 Å². The maximum atomic E-state index is 13.2. The molecule has 0 radical (unpaired) electrons. The van der Waals surface area contributed by atoms with Gasteiger partial charge in [0.05, 0.1) is 0 Å². The van der Waals surface area contributed by atoms with Crippen LogP contribution in [0.3, 0.4) is 0 Å². The summed E-state index contributed by atoms with van der Waals surface area (Å²) in [4.78, 5) is 10.7. The Morgan fingerprint density at radius 3 is 2.56 bits per heavy atom. The number of nitrogens with two attached hydrogens (primary N) is 1. The molecule has 1 amide bonds. The van der Waals surface area contributed by atoms with Crippen LogP contribution in [0.2, 0.25) is 0 Å². The second kappa shape index (κ2) is 3.57. The molecule has 2 saturated carbocycles. The van der Waals surface area contributed by atoms with Gasteiger partial charge >= 0.3 is 6.09 Å². The summed E-state index contributed by atoms with van der Waals surface area (Å²) >= 11 is 0. The lowest BCUT2D eigenvalue weighted by Crippen LogP contribution is -2.32. The Balaban J connectivity index is 2.03. The molecule has 2 aliphatic carbocycles. The molecule has 92 valence electrons. The average Bonchev–Trinajstić information content (AvgIpc) is 2.36. The Morgan fingerprint density at radius 2 is 1.94 bits per heavy atom. The molecular weight excluding hydrogens is 216 g/mol. The van der Waals surface area contributed by atoms with Crippen LogP contribution in [0.15, 0.2) is 0 Å². The fourth-order valence-corrected chi connectivity index (χ4v) is 3.31. The van der Waals surface area contributed by atoms with Gasteiger partial charge in [0.2, 0.25) is 5.92 Å².